The molecule has 122 valence electrons. The first-order valence-corrected chi connectivity index (χ1v) is 7.83. The highest BCUT2D eigenvalue weighted by molar-refractivity contribution is 5.94. The molecule has 2 aromatic carbocycles. The van der Waals surface area contributed by atoms with Gasteiger partial charge < -0.3 is 9.42 Å². The van der Waals surface area contributed by atoms with Crippen LogP contribution in [0.15, 0.2) is 59.1 Å². The molecule has 0 bridgehead atoms. The van der Waals surface area contributed by atoms with Crippen molar-refractivity contribution in [3.63, 3.8) is 0 Å². The third-order valence-corrected chi connectivity index (χ3v) is 3.77. The molecule has 5 heteroatoms. The van der Waals surface area contributed by atoms with Gasteiger partial charge in [0, 0.05) is 31.1 Å². The molecule has 0 spiro atoms. The van der Waals surface area contributed by atoms with Gasteiger partial charge in [-0.15, -0.1) is 0 Å². The van der Waals surface area contributed by atoms with Crippen LogP contribution in [0, 0.1) is 6.92 Å². The zero-order valence-corrected chi connectivity index (χ0v) is 13.8. The number of carbonyl (C=O) groups is 1. The third kappa shape index (κ3) is 3.68. The van der Waals surface area contributed by atoms with Gasteiger partial charge in [-0.3, -0.25) is 4.79 Å². The van der Waals surface area contributed by atoms with Crippen molar-refractivity contribution >= 4 is 5.91 Å². The second-order valence-corrected chi connectivity index (χ2v) is 5.73. The highest BCUT2D eigenvalue weighted by Crippen LogP contribution is 2.16. The maximum Gasteiger partial charge on any atom is 0.257 e. The third-order valence-electron chi connectivity index (χ3n) is 3.77. The molecule has 0 aliphatic heterocycles. The van der Waals surface area contributed by atoms with Gasteiger partial charge in [0.15, 0.2) is 5.82 Å². The molecule has 0 saturated heterocycles. The fourth-order valence-electron chi connectivity index (χ4n) is 2.42. The highest BCUT2D eigenvalue weighted by Gasteiger charge is 2.14. The fraction of sp³-hybridized carbons (Fsp3) is 0.211. The van der Waals surface area contributed by atoms with Gasteiger partial charge in [0.05, 0.1) is 0 Å². The van der Waals surface area contributed by atoms with E-state index in [1.165, 1.54) is 0 Å². The van der Waals surface area contributed by atoms with Crippen molar-refractivity contribution in [2.45, 2.75) is 13.3 Å². The van der Waals surface area contributed by atoms with Crippen molar-refractivity contribution < 1.29 is 9.32 Å². The van der Waals surface area contributed by atoms with E-state index in [2.05, 4.69) is 10.1 Å². The SMILES string of the molecule is Cc1cccc(C(=O)N(C)CCc2noc(-c3ccccc3)n2)c1. The molecule has 0 N–H and O–H groups in total. The van der Waals surface area contributed by atoms with E-state index in [-0.39, 0.29) is 5.91 Å². The van der Waals surface area contributed by atoms with Gasteiger partial charge in [-0.1, -0.05) is 41.1 Å². The normalized spacial score (nSPS) is 10.6. The molecule has 3 rings (SSSR count). The molecular weight excluding hydrogens is 302 g/mol. The largest absolute Gasteiger partial charge is 0.341 e. The van der Waals surface area contributed by atoms with Crippen molar-refractivity contribution in [3.8, 4) is 11.5 Å². The maximum absolute atomic E-state index is 12.4. The predicted octanol–water partition coefficient (Wildman–Crippen LogP) is 3.36. The topological polar surface area (TPSA) is 59.2 Å². The van der Waals surface area contributed by atoms with Crippen LogP contribution in [0.2, 0.25) is 0 Å². The van der Waals surface area contributed by atoms with Gasteiger partial charge in [0.1, 0.15) is 0 Å². The summed E-state index contributed by atoms with van der Waals surface area (Å²) in [6.07, 6.45) is 0.546. The van der Waals surface area contributed by atoms with Crippen LogP contribution in [0.3, 0.4) is 0 Å². The lowest BCUT2D eigenvalue weighted by atomic mass is 10.1. The minimum Gasteiger partial charge on any atom is -0.341 e. The summed E-state index contributed by atoms with van der Waals surface area (Å²) in [5.74, 6) is 1.08. The monoisotopic (exact) mass is 321 g/mol. The second-order valence-electron chi connectivity index (χ2n) is 5.73. The standard InChI is InChI=1S/C19H19N3O2/c1-14-7-6-10-16(13-14)19(23)22(2)12-11-17-20-18(24-21-17)15-8-4-3-5-9-15/h3-10,13H,11-12H2,1-2H3. The first-order chi connectivity index (χ1) is 11.6. The Morgan fingerprint density at radius 2 is 1.92 bits per heavy atom. The Hall–Kier alpha value is -2.95. The molecular formula is C19H19N3O2. The summed E-state index contributed by atoms with van der Waals surface area (Å²) >= 11 is 0. The van der Waals surface area contributed by atoms with Crippen molar-refractivity contribution in [2.24, 2.45) is 0 Å². The molecule has 0 radical (unpaired) electrons. The highest BCUT2D eigenvalue weighted by atomic mass is 16.5. The van der Waals surface area contributed by atoms with Gasteiger partial charge in [-0.05, 0) is 31.2 Å². The lowest BCUT2D eigenvalue weighted by molar-refractivity contribution is 0.0795. The molecule has 0 aliphatic carbocycles. The minimum absolute atomic E-state index is 0.00882. The molecule has 0 atom stereocenters. The number of hydrogen-bond acceptors (Lipinski definition) is 4. The molecule has 3 aromatic rings. The van der Waals surface area contributed by atoms with Crippen molar-refractivity contribution in [3.05, 3.63) is 71.5 Å². The Bertz CT molecular complexity index is 827. The van der Waals surface area contributed by atoms with Gasteiger partial charge in [-0.2, -0.15) is 4.98 Å². The number of aromatic nitrogens is 2. The quantitative estimate of drug-likeness (QED) is 0.723. The summed E-state index contributed by atoms with van der Waals surface area (Å²) in [6, 6.07) is 17.2. The van der Waals surface area contributed by atoms with Crippen LogP contribution in [0.1, 0.15) is 21.7 Å². The molecule has 0 aliphatic rings. The van der Waals surface area contributed by atoms with Crippen LogP contribution in [0.4, 0.5) is 0 Å². The Kier molecular flexibility index (Phi) is 4.70. The minimum atomic E-state index is -0.00882. The zero-order valence-electron chi connectivity index (χ0n) is 13.8. The van der Waals surface area contributed by atoms with E-state index in [1.807, 2.05) is 61.5 Å². The summed E-state index contributed by atoms with van der Waals surface area (Å²) in [6.45, 7) is 2.50. The molecule has 0 fully saturated rings. The fourth-order valence-corrected chi connectivity index (χ4v) is 2.42. The van der Waals surface area contributed by atoms with Crippen LogP contribution < -0.4 is 0 Å². The predicted molar refractivity (Wildman–Crippen MR) is 91.6 cm³/mol. The van der Waals surface area contributed by atoms with E-state index in [4.69, 9.17) is 4.52 Å². The zero-order chi connectivity index (χ0) is 16.9. The number of benzene rings is 2. The van der Waals surface area contributed by atoms with Gasteiger partial charge in [0.2, 0.25) is 0 Å². The molecule has 0 unspecified atom stereocenters. The number of amides is 1. The lowest BCUT2D eigenvalue weighted by Crippen LogP contribution is -2.29. The van der Waals surface area contributed by atoms with Crippen molar-refractivity contribution in [1.29, 1.82) is 0 Å². The van der Waals surface area contributed by atoms with E-state index < -0.39 is 0 Å². The number of aryl methyl sites for hydroxylation is 1. The Morgan fingerprint density at radius 3 is 2.67 bits per heavy atom. The van der Waals surface area contributed by atoms with Gasteiger partial charge >= 0.3 is 0 Å². The van der Waals surface area contributed by atoms with Crippen LogP contribution in [0.25, 0.3) is 11.5 Å². The maximum atomic E-state index is 12.4. The number of carbonyl (C=O) groups excluding carboxylic acids is 1. The van der Waals surface area contributed by atoms with Crippen LogP contribution in [-0.2, 0) is 6.42 Å². The summed E-state index contributed by atoms with van der Waals surface area (Å²) in [5, 5.41) is 3.99. The van der Waals surface area contributed by atoms with E-state index in [0.717, 1.165) is 11.1 Å². The Balaban J connectivity index is 1.61. The number of likely N-dealkylation sites (N-methyl/N-ethyl adjacent to an activating group) is 1. The van der Waals surface area contributed by atoms with Gasteiger partial charge in [0.25, 0.3) is 11.8 Å². The van der Waals surface area contributed by atoms with E-state index in [0.29, 0.717) is 30.2 Å². The van der Waals surface area contributed by atoms with Crippen molar-refractivity contribution in [1.82, 2.24) is 15.0 Å². The second kappa shape index (κ2) is 7.08. The van der Waals surface area contributed by atoms with E-state index in [9.17, 15) is 4.79 Å². The first kappa shape index (κ1) is 15.9. The van der Waals surface area contributed by atoms with Crippen molar-refractivity contribution in [2.75, 3.05) is 13.6 Å². The smallest absolute Gasteiger partial charge is 0.257 e. The summed E-state index contributed by atoms with van der Waals surface area (Å²) in [7, 11) is 1.78. The summed E-state index contributed by atoms with van der Waals surface area (Å²) < 4.78 is 5.28. The van der Waals surface area contributed by atoms with E-state index in [1.54, 1.807) is 11.9 Å². The Labute approximate surface area is 140 Å². The average molecular weight is 321 g/mol. The number of hydrogen-bond donors (Lipinski definition) is 0. The molecule has 1 aromatic heterocycles. The van der Waals surface area contributed by atoms with E-state index >= 15 is 0 Å². The number of rotatable bonds is 5. The number of nitrogens with zero attached hydrogens (tertiary/aromatic N) is 3. The summed E-state index contributed by atoms with van der Waals surface area (Å²) in [4.78, 5) is 18.5. The molecule has 1 heterocycles. The first-order valence-electron chi connectivity index (χ1n) is 7.83. The van der Waals surface area contributed by atoms with Gasteiger partial charge in [-0.25, -0.2) is 0 Å². The molecule has 24 heavy (non-hydrogen) atoms. The lowest BCUT2D eigenvalue weighted by Gasteiger charge is -2.16. The molecule has 0 saturated carbocycles. The van der Waals surface area contributed by atoms with Crippen LogP contribution in [-0.4, -0.2) is 34.5 Å². The van der Waals surface area contributed by atoms with Crippen LogP contribution >= 0.6 is 0 Å². The molecule has 1 amide bonds. The summed E-state index contributed by atoms with van der Waals surface area (Å²) in [5.41, 5.74) is 2.65. The molecule has 5 nitrogen and oxygen atoms in total. The van der Waals surface area contributed by atoms with Crippen LogP contribution in [0.5, 0.6) is 0 Å². The Morgan fingerprint density at radius 1 is 1.12 bits per heavy atom. The average Bonchev–Trinajstić information content (AvgIpc) is 3.09.